The molecule has 98 valence electrons. The average molecular weight is 297 g/mol. The van der Waals surface area contributed by atoms with E-state index in [-0.39, 0.29) is 6.42 Å². The largest absolute Gasteiger partial charge is 0.481 e. The Labute approximate surface area is 119 Å². The van der Waals surface area contributed by atoms with Gasteiger partial charge in [-0.2, -0.15) is 0 Å². The van der Waals surface area contributed by atoms with Gasteiger partial charge >= 0.3 is 5.97 Å². The highest BCUT2D eigenvalue weighted by Gasteiger charge is 2.09. The zero-order valence-corrected chi connectivity index (χ0v) is 11.2. The van der Waals surface area contributed by atoms with Crippen LogP contribution in [-0.4, -0.2) is 16.1 Å². The number of nitrogens with zero attached hydrogens (tertiary/aromatic N) is 1. The number of anilines is 1. The molecule has 0 saturated carbocycles. The molecule has 0 fully saturated rings. The first-order chi connectivity index (χ1) is 8.95. The van der Waals surface area contributed by atoms with Crippen LogP contribution in [0.3, 0.4) is 0 Å². The van der Waals surface area contributed by atoms with Crippen molar-refractivity contribution in [2.75, 3.05) is 5.73 Å². The molecular formula is C13H10Cl2N2O2. The summed E-state index contributed by atoms with van der Waals surface area (Å²) < 4.78 is 0. The van der Waals surface area contributed by atoms with E-state index >= 15 is 0 Å². The molecule has 4 nitrogen and oxygen atoms in total. The summed E-state index contributed by atoms with van der Waals surface area (Å²) >= 11 is 11.9. The Morgan fingerprint density at radius 1 is 1.21 bits per heavy atom. The van der Waals surface area contributed by atoms with Crippen LogP contribution in [0, 0.1) is 0 Å². The third kappa shape index (κ3) is 3.36. The number of carbonyl (C=O) groups is 1. The maximum atomic E-state index is 10.7. The maximum absolute atomic E-state index is 10.7. The lowest BCUT2D eigenvalue weighted by Gasteiger charge is -2.08. The van der Waals surface area contributed by atoms with E-state index < -0.39 is 5.97 Å². The van der Waals surface area contributed by atoms with Crippen LogP contribution in [0.1, 0.15) is 5.56 Å². The number of nitrogen functional groups attached to an aromatic ring is 1. The zero-order valence-electron chi connectivity index (χ0n) is 9.73. The molecule has 0 aliphatic carbocycles. The van der Waals surface area contributed by atoms with E-state index in [2.05, 4.69) is 4.98 Å². The van der Waals surface area contributed by atoms with Crippen molar-refractivity contribution >= 4 is 35.0 Å². The van der Waals surface area contributed by atoms with Crippen molar-refractivity contribution in [1.82, 2.24) is 4.98 Å². The lowest BCUT2D eigenvalue weighted by molar-refractivity contribution is -0.136. The van der Waals surface area contributed by atoms with Gasteiger partial charge in [-0.1, -0.05) is 23.2 Å². The number of hydrogen-bond donors (Lipinski definition) is 2. The summed E-state index contributed by atoms with van der Waals surface area (Å²) in [6.07, 6.45) is 1.33. The van der Waals surface area contributed by atoms with Crippen molar-refractivity contribution in [3.8, 4) is 11.1 Å². The molecule has 0 unspecified atom stereocenters. The number of aromatic nitrogens is 1. The molecule has 0 spiro atoms. The van der Waals surface area contributed by atoms with Crippen LogP contribution < -0.4 is 5.73 Å². The molecule has 0 amide bonds. The first-order valence-electron chi connectivity index (χ1n) is 5.38. The van der Waals surface area contributed by atoms with Crippen LogP contribution in [0.2, 0.25) is 10.0 Å². The summed E-state index contributed by atoms with van der Waals surface area (Å²) in [6, 6.07) is 6.69. The van der Waals surface area contributed by atoms with Gasteiger partial charge in [0.2, 0.25) is 0 Å². The summed E-state index contributed by atoms with van der Waals surface area (Å²) in [5.74, 6) is -0.630. The van der Waals surface area contributed by atoms with Crippen LogP contribution >= 0.6 is 23.2 Å². The maximum Gasteiger partial charge on any atom is 0.307 e. The molecule has 6 heteroatoms. The number of hydrogen-bond acceptors (Lipinski definition) is 3. The van der Waals surface area contributed by atoms with Crippen LogP contribution in [-0.2, 0) is 11.2 Å². The molecular weight excluding hydrogens is 287 g/mol. The van der Waals surface area contributed by atoms with E-state index in [9.17, 15) is 4.79 Å². The van der Waals surface area contributed by atoms with Crippen LogP contribution in [0.15, 0.2) is 30.5 Å². The normalized spacial score (nSPS) is 10.4. The van der Waals surface area contributed by atoms with Gasteiger partial charge in [-0.25, -0.2) is 4.98 Å². The van der Waals surface area contributed by atoms with Gasteiger partial charge in [-0.05, 0) is 35.4 Å². The molecule has 0 aliphatic heterocycles. The van der Waals surface area contributed by atoms with Gasteiger partial charge in [0.05, 0.1) is 6.42 Å². The Hall–Kier alpha value is -1.78. The van der Waals surface area contributed by atoms with Crippen molar-refractivity contribution in [1.29, 1.82) is 0 Å². The second kappa shape index (κ2) is 5.47. The summed E-state index contributed by atoms with van der Waals surface area (Å²) in [5.41, 5.74) is 7.69. The van der Waals surface area contributed by atoms with Gasteiger partial charge < -0.3 is 10.8 Å². The predicted octanol–water partition coefficient (Wildman–Crippen LogP) is 3.26. The molecule has 2 aromatic rings. The number of carboxylic acids is 1. The Bertz CT molecular complexity index is 624. The number of carboxylic acid groups (broad SMARTS) is 1. The minimum absolute atomic E-state index is 0.116. The minimum Gasteiger partial charge on any atom is -0.481 e. The fourth-order valence-electron chi connectivity index (χ4n) is 1.73. The molecule has 3 N–H and O–H groups in total. The number of halogens is 2. The summed E-state index contributed by atoms with van der Waals surface area (Å²) in [7, 11) is 0. The van der Waals surface area contributed by atoms with Gasteiger partial charge in [0.15, 0.2) is 0 Å². The molecule has 1 aromatic heterocycles. The predicted molar refractivity (Wildman–Crippen MR) is 75.4 cm³/mol. The Morgan fingerprint density at radius 3 is 2.42 bits per heavy atom. The quantitative estimate of drug-likeness (QED) is 0.911. The van der Waals surface area contributed by atoms with E-state index in [0.29, 0.717) is 32.6 Å². The van der Waals surface area contributed by atoms with E-state index in [1.807, 2.05) is 0 Å². The van der Waals surface area contributed by atoms with E-state index in [1.54, 1.807) is 24.3 Å². The summed E-state index contributed by atoms with van der Waals surface area (Å²) in [5, 5.41) is 9.74. The lowest BCUT2D eigenvalue weighted by Crippen LogP contribution is -2.02. The van der Waals surface area contributed by atoms with E-state index in [1.165, 1.54) is 6.20 Å². The second-order valence-electron chi connectivity index (χ2n) is 4.01. The van der Waals surface area contributed by atoms with Gasteiger partial charge in [-0.15, -0.1) is 0 Å². The minimum atomic E-state index is -0.929. The molecule has 0 radical (unpaired) electrons. The van der Waals surface area contributed by atoms with Crippen molar-refractivity contribution < 1.29 is 9.90 Å². The third-order valence-electron chi connectivity index (χ3n) is 2.50. The molecule has 19 heavy (non-hydrogen) atoms. The number of rotatable bonds is 3. The molecule has 0 bridgehead atoms. The van der Waals surface area contributed by atoms with Crippen molar-refractivity contribution in [2.45, 2.75) is 6.42 Å². The first kappa shape index (κ1) is 13.6. The molecule has 1 heterocycles. The number of benzene rings is 1. The summed E-state index contributed by atoms with van der Waals surface area (Å²) in [6.45, 7) is 0. The standard InChI is InChI=1S/C13H10Cl2N2O2/c14-9-3-8(4-10(15)5-9)11-1-7(2-12(18)19)6-17-13(11)16/h1,3-6H,2H2,(H2,16,17)(H,18,19). The first-order valence-corrected chi connectivity index (χ1v) is 6.14. The van der Waals surface area contributed by atoms with Crippen molar-refractivity contribution in [3.63, 3.8) is 0 Å². The highest BCUT2D eigenvalue weighted by atomic mass is 35.5. The average Bonchev–Trinajstić information content (AvgIpc) is 2.29. The summed E-state index contributed by atoms with van der Waals surface area (Å²) in [4.78, 5) is 14.7. The Balaban J connectivity index is 2.51. The van der Waals surface area contributed by atoms with Crippen molar-refractivity contribution in [2.24, 2.45) is 0 Å². The van der Waals surface area contributed by atoms with Crippen LogP contribution in [0.5, 0.6) is 0 Å². The monoisotopic (exact) mass is 296 g/mol. The molecule has 0 saturated heterocycles. The Morgan fingerprint density at radius 2 is 1.84 bits per heavy atom. The van der Waals surface area contributed by atoms with Gasteiger partial charge in [0.25, 0.3) is 0 Å². The van der Waals surface area contributed by atoms with Gasteiger partial charge in [-0.3, -0.25) is 4.79 Å². The van der Waals surface area contributed by atoms with Crippen LogP contribution in [0.4, 0.5) is 5.82 Å². The number of aliphatic carboxylic acids is 1. The topological polar surface area (TPSA) is 76.2 Å². The third-order valence-corrected chi connectivity index (χ3v) is 2.94. The fraction of sp³-hybridized carbons (Fsp3) is 0.0769. The Kier molecular flexibility index (Phi) is 3.93. The fourth-order valence-corrected chi connectivity index (χ4v) is 2.26. The van der Waals surface area contributed by atoms with Crippen molar-refractivity contribution in [3.05, 3.63) is 46.1 Å². The highest BCUT2D eigenvalue weighted by molar-refractivity contribution is 6.35. The lowest BCUT2D eigenvalue weighted by atomic mass is 10.0. The second-order valence-corrected chi connectivity index (χ2v) is 4.88. The smallest absolute Gasteiger partial charge is 0.307 e. The molecule has 1 aromatic carbocycles. The number of nitrogens with two attached hydrogens (primary N) is 1. The van der Waals surface area contributed by atoms with Gasteiger partial charge in [0, 0.05) is 21.8 Å². The van der Waals surface area contributed by atoms with E-state index in [0.717, 1.165) is 0 Å². The molecule has 2 rings (SSSR count). The van der Waals surface area contributed by atoms with E-state index in [4.69, 9.17) is 34.0 Å². The SMILES string of the molecule is Nc1ncc(CC(=O)O)cc1-c1cc(Cl)cc(Cl)c1. The zero-order chi connectivity index (χ0) is 14.0. The van der Waals surface area contributed by atoms with Gasteiger partial charge in [0.1, 0.15) is 5.82 Å². The molecule has 0 atom stereocenters. The number of pyridine rings is 1. The van der Waals surface area contributed by atoms with Crippen LogP contribution in [0.25, 0.3) is 11.1 Å². The highest BCUT2D eigenvalue weighted by Crippen LogP contribution is 2.30. The molecule has 0 aliphatic rings.